The Kier molecular flexibility index (Phi) is 0.793. The van der Waals surface area contributed by atoms with Crippen molar-refractivity contribution in [3.63, 3.8) is 0 Å². The van der Waals surface area contributed by atoms with Gasteiger partial charge in [0, 0.05) is 21.1 Å². The first-order valence-electron chi connectivity index (χ1n) is 5.66. The van der Waals surface area contributed by atoms with Crippen molar-refractivity contribution in [2.24, 2.45) is 0 Å². The molecule has 0 aromatic rings. The zero-order chi connectivity index (χ0) is 13.2. The SMILES string of the molecule is [2H]C([2H])([2H])OP(OC([2H])([2H])[2H])OC([2H])([2H])[2H]. The largest absolute Gasteiger partial charge is 0.331 e. The normalized spacial score (nSPS) is 34.7. The molecule has 0 heterocycles. The van der Waals surface area contributed by atoms with Gasteiger partial charge < -0.3 is 13.6 Å². The highest BCUT2D eigenvalue weighted by Crippen LogP contribution is 2.35. The zero-order valence-electron chi connectivity index (χ0n) is 12.2. The second-order valence-electron chi connectivity index (χ2n) is 0.497. The van der Waals surface area contributed by atoms with Gasteiger partial charge in [-0.1, -0.05) is 0 Å². The zero-order valence-corrected chi connectivity index (χ0v) is 4.07. The highest BCUT2D eigenvalue weighted by Gasteiger charge is 2.00. The van der Waals surface area contributed by atoms with Gasteiger partial charge in [-0.15, -0.1) is 0 Å². The topological polar surface area (TPSA) is 27.7 Å². The molecule has 4 heteroatoms. The molecule has 0 aromatic carbocycles. The molecule has 0 atom stereocenters. The minimum absolute atomic E-state index is 3.01. The number of hydrogen-bond donors (Lipinski definition) is 0. The standard InChI is InChI=1S/C3H9O3P/c1-4-7(5-2)6-3/h1-3H3/i1D3,2D3,3D3. The van der Waals surface area contributed by atoms with Crippen molar-refractivity contribution < 1.29 is 25.9 Å². The van der Waals surface area contributed by atoms with E-state index in [4.69, 9.17) is 12.3 Å². The van der Waals surface area contributed by atoms with E-state index in [1.54, 1.807) is 0 Å². The van der Waals surface area contributed by atoms with Crippen molar-refractivity contribution in [3.05, 3.63) is 0 Å². The molecule has 0 spiro atoms. The van der Waals surface area contributed by atoms with Crippen LogP contribution in [0.4, 0.5) is 0 Å². The van der Waals surface area contributed by atoms with Crippen LogP contribution in [0.15, 0.2) is 0 Å². The lowest BCUT2D eigenvalue weighted by Gasteiger charge is -2.05. The Morgan fingerprint density at radius 2 is 1.57 bits per heavy atom. The molecule has 0 aromatic heterocycles. The van der Waals surface area contributed by atoms with Crippen LogP contribution in [0.1, 0.15) is 12.3 Å². The molecule has 44 valence electrons. The van der Waals surface area contributed by atoms with Crippen LogP contribution in [0, 0.1) is 0 Å². The smallest absolute Gasteiger partial charge is 0.316 e. The lowest BCUT2D eigenvalue weighted by Crippen LogP contribution is -1.81. The summed E-state index contributed by atoms with van der Waals surface area (Å²) in [6, 6.07) is 0. The van der Waals surface area contributed by atoms with Crippen molar-refractivity contribution in [1.82, 2.24) is 0 Å². The van der Waals surface area contributed by atoms with Gasteiger partial charge in [-0.05, 0) is 0 Å². The van der Waals surface area contributed by atoms with Crippen LogP contribution in [0.25, 0.3) is 0 Å². The molecule has 0 bridgehead atoms. The summed E-state index contributed by atoms with van der Waals surface area (Å²) in [6.45, 7) is 0. The first-order valence-corrected chi connectivity index (χ1v) is 2.26. The highest BCUT2D eigenvalue weighted by molar-refractivity contribution is 7.41. The number of hydrogen-bond acceptors (Lipinski definition) is 3. The lowest BCUT2D eigenvalue weighted by molar-refractivity contribution is 0.239. The second kappa shape index (κ2) is 4.47. The molecule has 0 saturated carbocycles. The summed E-state index contributed by atoms with van der Waals surface area (Å²) in [6.07, 6.45) is 0. The molecule has 3 nitrogen and oxygen atoms in total. The fourth-order valence-corrected chi connectivity index (χ4v) is 0.168. The maximum atomic E-state index is 6.68. The van der Waals surface area contributed by atoms with E-state index in [0.717, 1.165) is 0 Å². The van der Waals surface area contributed by atoms with Gasteiger partial charge in [0.25, 0.3) is 0 Å². The second-order valence-corrected chi connectivity index (χ2v) is 1.49. The molecule has 0 fully saturated rings. The molecule has 0 saturated heterocycles. The van der Waals surface area contributed by atoms with E-state index in [9.17, 15) is 0 Å². The summed E-state index contributed by atoms with van der Waals surface area (Å²) in [5.41, 5.74) is 0. The molecule has 0 unspecified atom stereocenters. The first-order chi connectivity index (χ1) is 6.79. The van der Waals surface area contributed by atoms with Crippen molar-refractivity contribution in [2.45, 2.75) is 0 Å². The minimum Gasteiger partial charge on any atom is -0.316 e. The Morgan fingerprint density at radius 3 is 1.86 bits per heavy atom. The third kappa shape index (κ3) is 2.94. The van der Waals surface area contributed by atoms with Crippen LogP contribution in [-0.2, 0) is 13.6 Å². The lowest BCUT2D eigenvalue weighted by atomic mass is 11.8. The number of rotatable bonds is 3. The Balaban J connectivity index is 4.53. The third-order valence-corrected chi connectivity index (χ3v) is 0.671. The first kappa shape index (κ1) is 1.24. The van der Waals surface area contributed by atoms with Crippen LogP contribution >= 0.6 is 8.60 Å². The Bertz CT molecular complexity index is 179. The van der Waals surface area contributed by atoms with E-state index >= 15 is 0 Å². The maximum absolute atomic E-state index is 6.68. The highest BCUT2D eigenvalue weighted by atomic mass is 31.2. The van der Waals surface area contributed by atoms with Gasteiger partial charge in [0.1, 0.15) is 0 Å². The van der Waals surface area contributed by atoms with Crippen molar-refractivity contribution in [3.8, 4) is 0 Å². The van der Waals surface area contributed by atoms with E-state index in [0.29, 0.717) is 0 Å². The molecular weight excluding hydrogens is 115 g/mol. The molecule has 0 rings (SSSR count). The third-order valence-electron chi connectivity index (χ3n) is 0.224. The average Bonchev–Trinajstić information content (AvgIpc) is 1.70. The van der Waals surface area contributed by atoms with Gasteiger partial charge in [-0.3, -0.25) is 0 Å². The van der Waals surface area contributed by atoms with E-state index in [-0.39, 0.29) is 0 Å². The van der Waals surface area contributed by atoms with Crippen molar-refractivity contribution >= 4 is 8.60 Å². The molecule has 0 aliphatic carbocycles. The molecule has 0 aliphatic heterocycles. The average molecular weight is 133 g/mol. The van der Waals surface area contributed by atoms with Gasteiger partial charge in [0.15, 0.2) is 0 Å². The quantitative estimate of drug-likeness (QED) is 0.540. The minimum atomic E-state index is -3.01. The molecule has 7 heavy (non-hydrogen) atoms. The van der Waals surface area contributed by atoms with Crippen LogP contribution in [0.3, 0.4) is 0 Å². The summed E-state index contributed by atoms with van der Waals surface area (Å²) in [7, 11) is -12.0. The Hall–Kier alpha value is 0.310. The molecule has 0 aliphatic rings. The van der Waals surface area contributed by atoms with Gasteiger partial charge >= 0.3 is 8.60 Å². The van der Waals surface area contributed by atoms with Crippen LogP contribution in [-0.4, -0.2) is 21.1 Å². The summed E-state index contributed by atoms with van der Waals surface area (Å²) < 4.78 is 72.4. The van der Waals surface area contributed by atoms with Crippen molar-refractivity contribution in [2.75, 3.05) is 21.1 Å². The monoisotopic (exact) mass is 133 g/mol. The van der Waals surface area contributed by atoms with Gasteiger partial charge in [0.05, 0.1) is 12.3 Å². The maximum Gasteiger partial charge on any atom is 0.331 e. The summed E-state index contributed by atoms with van der Waals surface area (Å²) in [5.74, 6) is 0. The van der Waals surface area contributed by atoms with E-state index in [1.807, 2.05) is 0 Å². The molecular formula is C3H9O3P. The summed E-state index contributed by atoms with van der Waals surface area (Å²) in [4.78, 5) is 0. The molecule has 0 radical (unpaired) electrons. The fourth-order valence-electron chi connectivity index (χ4n) is 0.0559. The van der Waals surface area contributed by atoms with E-state index in [2.05, 4.69) is 13.6 Å². The molecule has 0 N–H and O–H groups in total. The van der Waals surface area contributed by atoms with Gasteiger partial charge in [0.2, 0.25) is 0 Å². The van der Waals surface area contributed by atoms with Crippen LogP contribution < -0.4 is 0 Å². The summed E-state index contributed by atoms with van der Waals surface area (Å²) >= 11 is 0. The van der Waals surface area contributed by atoms with Gasteiger partial charge in [-0.2, -0.15) is 0 Å². The van der Waals surface area contributed by atoms with Crippen LogP contribution in [0.2, 0.25) is 0 Å². The Labute approximate surface area is 57.2 Å². The Morgan fingerprint density at radius 1 is 1.14 bits per heavy atom. The van der Waals surface area contributed by atoms with Crippen LogP contribution in [0.5, 0.6) is 0 Å². The predicted molar refractivity (Wildman–Crippen MR) is 27.9 cm³/mol. The van der Waals surface area contributed by atoms with Gasteiger partial charge in [-0.25, -0.2) is 0 Å². The van der Waals surface area contributed by atoms with E-state index < -0.39 is 29.7 Å². The molecule has 0 amide bonds. The summed E-state index contributed by atoms with van der Waals surface area (Å²) in [5, 5.41) is 0. The van der Waals surface area contributed by atoms with E-state index in [1.165, 1.54) is 0 Å². The van der Waals surface area contributed by atoms with Crippen molar-refractivity contribution in [1.29, 1.82) is 0 Å². The predicted octanol–water partition coefficient (Wildman–Crippen LogP) is 1.15. The fraction of sp³-hybridized carbons (Fsp3) is 1.00.